The first-order valence-electron chi connectivity index (χ1n) is 8.23. The molecule has 27 heavy (non-hydrogen) atoms. The first kappa shape index (κ1) is 18.8. The number of rotatable bonds is 5. The number of hydrogen-bond donors (Lipinski definition) is 2. The Morgan fingerprint density at radius 1 is 1.04 bits per heavy atom. The van der Waals surface area contributed by atoms with Crippen LogP contribution in [0, 0.1) is 6.92 Å². The van der Waals surface area contributed by atoms with Crippen molar-refractivity contribution in [3.63, 3.8) is 0 Å². The second-order valence-corrected chi connectivity index (χ2v) is 7.05. The van der Waals surface area contributed by atoms with Gasteiger partial charge >= 0.3 is 0 Å². The van der Waals surface area contributed by atoms with Gasteiger partial charge in [-0.2, -0.15) is 4.98 Å². The van der Waals surface area contributed by atoms with Crippen molar-refractivity contribution in [2.75, 3.05) is 29.6 Å². The maximum atomic E-state index is 12.3. The standard InChI is InChI=1S/C19H19BrN6O/c1-12-8-17(26(2)3)25-19(22-12)24-16-6-4-15(5-7-16)23-18(27)13-9-14(20)11-21-10-13/h4-11H,1-3H3,(H,23,27)(H,22,24,25). The zero-order valence-corrected chi connectivity index (χ0v) is 16.8. The smallest absolute Gasteiger partial charge is 0.257 e. The van der Waals surface area contributed by atoms with E-state index >= 15 is 0 Å². The van der Waals surface area contributed by atoms with E-state index in [0.717, 1.165) is 21.7 Å². The van der Waals surface area contributed by atoms with Crippen molar-refractivity contribution in [1.29, 1.82) is 0 Å². The number of nitrogens with zero attached hydrogens (tertiary/aromatic N) is 4. The lowest BCUT2D eigenvalue weighted by Gasteiger charge is -2.14. The Balaban J connectivity index is 1.70. The number of pyridine rings is 1. The molecule has 0 fully saturated rings. The van der Waals surface area contributed by atoms with Crippen molar-refractivity contribution in [2.45, 2.75) is 6.92 Å². The van der Waals surface area contributed by atoms with E-state index in [2.05, 4.69) is 41.5 Å². The third kappa shape index (κ3) is 5.01. The van der Waals surface area contributed by atoms with Crippen LogP contribution in [-0.2, 0) is 0 Å². The lowest BCUT2D eigenvalue weighted by Crippen LogP contribution is -2.13. The average molecular weight is 427 g/mol. The topological polar surface area (TPSA) is 83.0 Å². The molecule has 8 heteroatoms. The molecule has 0 saturated heterocycles. The predicted octanol–water partition coefficient (Wildman–Crippen LogP) is 4.00. The minimum absolute atomic E-state index is 0.220. The second kappa shape index (κ2) is 8.13. The molecule has 3 aromatic rings. The number of halogens is 1. The van der Waals surface area contributed by atoms with Crippen molar-refractivity contribution in [2.24, 2.45) is 0 Å². The van der Waals surface area contributed by atoms with Gasteiger partial charge in [-0.15, -0.1) is 0 Å². The molecule has 0 spiro atoms. The van der Waals surface area contributed by atoms with Crippen LogP contribution in [0.4, 0.5) is 23.1 Å². The molecule has 0 atom stereocenters. The van der Waals surface area contributed by atoms with Gasteiger partial charge in [0.05, 0.1) is 5.56 Å². The highest BCUT2D eigenvalue weighted by Gasteiger charge is 2.08. The van der Waals surface area contributed by atoms with Crippen LogP contribution < -0.4 is 15.5 Å². The molecule has 0 aliphatic rings. The van der Waals surface area contributed by atoms with Gasteiger partial charge < -0.3 is 15.5 Å². The molecule has 0 aliphatic heterocycles. The SMILES string of the molecule is Cc1cc(N(C)C)nc(Nc2ccc(NC(=O)c3cncc(Br)c3)cc2)n1. The minimum atomic E-state index is -0.220. The summed E-state index contributed by atoms with van der Waals surface area (Å²) in [6.07, 6.45) is 3.15. The highest BCUT2D eigenvalue weighted by molar-refractivity contribution is 9.10. The Morgan fingerprint density at radius 2 is 1.74 bits per heavy atom. The van der Waals surface area contributed by atoms with Crippen LogP contribution in [0.3, 0.4) is 0 Å². The number of anilines is 4. The van der Waals surface area contributed by atoms with Crippen molar-refractivity contribution in [3.8, 4) is 0 Å². The zero-order valence-electron chi connectivity index (χ0n) is 15.2. The highest BCUT2D eigenvalue weighted by Crippen LogP contribution is 2.20. The molecule has 1 amide bonds. The fourth-order valence-electron chi connectivity index (χ4n) is 2.34. The largest absolute Gasteiger partial charge is 0.363 e. The molecule has 0 aliphatic carbocycles. The summed E-state index contributed by atoms with van der Waals surface area (Å²) in [5.41, 5.74) is 2.87. The van der Waals surface area contributed by atoms with Gasteiger partial charge in [-0.05, 0) is 53.2 Å². The summed E-state index contributed by atoms with van der Waals surface area (Å²) in [6.45, 7) is 1.93. The average Bonchev–Trinajstić information content (AvgIpc) is 2.63. The van der Waals surface area contributed by atoms with Crippen LogP contribution in [0.2, 0.25) is 0 Å². The second-order valence-electron chi connectivity index (χ2n) is 6.13. The predicted molar refractivity (Wildman–Crippen MR) is 111 cm³/mol. The molecule has 2 aromatic heterocycles. The lowest BCUT2D eigenvalue weighted by molar-refractivity contribution is 0.102. The Bertz CT molecular complexity index is 959. The fraction of sp³-hybridized carbons (Fsp3) is 0.158. The molecule has 138 valence electrons. The Kier molecular flexibility index (Phi) is 5.66. The van der Waals surface area contributed by atoms with E-state index in [4.69, 9.17) is 0 Å². The van der Waals surface area contributed by atoms with E-state index in [1.807, 2.05) is 56.3 Å². The van der Waals surface area contributed by atoms with Gasteiger partial charge in [0.15, 0.2) is 0 Å². The van der Waals surface area contributed by atoms with Crippen molar-refractivity contribution in [1.82, 2.24) is 15.0 Å². The van der Waals surface area contributed by atoms with E-state index in [0.29, 0.717) is 17.2 Å². The van der Waals surface area contributed by atoms with Crippen molar-refractivity contribution < 1.29 is 4.79 Å². The number of carbonyl (C=O) groups is 1. The number of amides is 1. The van der Waals surface area contributed by atoms with Gasteiger partial charge in [-0.25, -0.2) is 4.98 Å². The number of hydrogen-bond acceptors (Lipinski definition) is 6. The molecule has 3 rings (SSSR count). The number of nitrogens with one attached hydrogen (secondary N) is 2. The third-order valence-corrected chi connectivity index (χ3v) is 4.10. The molecular formula is C19H19BrN6O. The summed E-state index contributed by atoms with van der Waals surface area (Å²) in [4.78, 5) is 27.1. The van der Waals surface area contributed by atoms with Crippen molar-refractivity contribution >= 4 is 45.0 Å². The summed E-state index contributed by atoms with van der Waals surface area (Å²) in [6, 6.07) is 11.0. The summed E-state index contributed by atoms with van der Waals surface area (Å²) in [5.74, 6) is 1.13. The highest BCUT2D eigenvalue weighted by atomic mass is 79.9. The number of aromatic nitrogens is 3. The Labute approximate surface area is 166 Å². The number of carbonyl (C=O) groups excluding carboxylic acids is 1. The molecule has 0 bridgehead atoms. The Hall–Kier alpha value is -3.00. The quantitative estimate of drug-likeness (QED) is 0.641. The van der Waals surface area contributed by atoms with E-state index in [1.54, 1.807) is 12.3 Å². The molecule has 0 radical (unpaired) electrons. The zero-order chi connectivity index (χ0) is 19.4. The lowest BCUT2D eigenvalue weighted by atomic mass is 10.2. The van der Waals surface area contributed by atoms with Crippen LogP contribution in [0.5, 0.6) is 0 Å². The van der Waals surface area contributed by atoms with Crippen LogP contribution in [0.1, 0.15) is 16.1 Å². The number of aryl methyl sites for hydroxylation is 1. The Morgan fingerprint density at radius 3 is 2.41 bits per heavy atom. The van der Waals surface area contributed by atoms with Crippen LogP contribution in [0.25, 0.3) is 0 Å². The molecule has 7 nitrogen and oxygen atoms in total. The maximum absolute atomic E-state index is 12.3. The van der Waals surface area contributed by atoms with Crippen LogP contribution >= 0.6 is 15.9 Å². The number of benzene rings is 1. The van der Waals surface area contributed by atoms with E-state index in [-0.39, 0.29) is 5.91 Å². The first-order chi connectivity index (χ1) is 12.9. The summed E-state index contributed by atoms with van der Waals surface area (Å²) >= 11 is 3.31. The molecule has 2 heterocycles. The van der Waals surface area contributed by atoms with Crippen LogP contribution in [-0.4, -0.2) is 35.0 Å². The minimum Gasteiger partial charge on any atom is -0.363 e. The molecule has 1 aromatic carbocycles. The summed E-state index contributed by atoms with van der Waals surface area (Å²) in [7, 11) is 3.87. The molecular weight excluding hydrogens is 408 g/mol. The van der Waals surface area contributed by atoms with Crippen LogP contribution in [0.15, 0.2) is 53.3 Å². The van der Waals surface area contributed by atoms with E-state index in [9.17, 15) is 4.79 Å². The maximum Gasteiger partial charge on any atom is 0.257 e. The molecule has 2 N–H and O–H groups in total. The fourth-order valence-corrected chi connectivity index (χ4v) is 2.71. The first-order valence-corrected chi connectivity index (χ1v) is 9.02. The van der Waals surface area contributed by atoms with E-state index < -0.39 is 0 Å². The van der Waals surface area contributed by atoms with Gasteiger partial charge in [0.25, 0.3) is 5.91 Å². The monoisotopic (exact) mass is 426 g/mol. The van der Waals surface area contributed by atoms with Crippen molar-refractivity contribution in [3.05, 3.63) is 64.5 Å². The van der Waals surface area contributed by atoms with Gasteiger partial charge in [0, 0.05) is 54.1 Å². The van der Waals surface area contributed by atoms with E-state index in [1.165, 1.54) is 6.20 Å². The molecule has 0 unspecified atom stereocenters. The van der Waals surface area contributed by atoms with Gasteiger partial charge in [0.2, 0.25) is 5.95 Å². The third-order valence-electron chi connectivity index (χ3n) is 3.66. The normalized spacial score (nSPS) is 10.4. The van der Waals surface area contributed by atoms with Gasteiger partial charge in [-0.1, -0.05) is 0 Å². The molecule has 0 saturated carbocycles. The van der Waals surface area contributed by atoms with Gasteiger partial charge in [0.1, 0.15) is 5.82 Å². The van der Waals surface area contributed by atoms with Gasteiger partial charge in [-0.3, -0.25) is 9.78 Å². The summed E-state index contributed by atoms with van der Waals surface area (Å²) < 4.78 is 0.755. The summed E-state index contributed by atoms with van der Waals surface area (Å²) in [5, 5.41) is 6.03.